The Morgan fingerprint density at radius 2 is 2.35 bits per heavy atom. The molecule has 1 aliphatic heterocycles. The Morgan fingerprint density at radius 1 is 1.60 bits per heavy atom. The van der Waals surface area contributed by atoms with Crippen molar-refractivity contribution in [1.82, 2.24) is 4.90 Å². The predicted octanol–water partition coefficient (Wildman–Crippen LogP) is 2.26. The van der Waals surface area contributed by atoms with Crippen molar-refractivity contribution < 1.29 is 14.6 Å². The van der Waals surface area contributed by atoms with Crippen molar-refractivity contribution in [2.45, 2.75) is 26.4 Å². The molecule has 0 aliphatic carbocycles. The summed E-state index contributed by atoms with van der Waals surface area (Å²) in [5.41, 5.74) is 0.911. The number of hydrogen-bond donors (Lipinski definition) is 1. The molecule has 1 aromatic carbocycles. The topological polar surface area (TPSA) is 49.8 Å². The van der Waals surface area contributed by atoms with Gasteiger partial charge in [0.1, 0.15) is 5.75 Å². The highest BCUT2D eigenvalue weighted by Gasteiger charge is 2.29. The minimum Gasteiger partial charge on any atom is -0.483 e. The van der Waals surface area contributed by atoms with Crippen molar-refractivity contribution in [1.29, 1.82) is 0 Å². The molecular formula is C15H20ClNO3. The molecule has 1 fully saturated rings. The smallest absolute Gasteiger partial charge is 0.260 e. The summed E-state index contributed by atoms with van der Waals surface area (Å²) in [5.74, 6) is 0.813. The van der Waals surface area contributed by atoms with Crippen LogP contribution in [0.3, 0.4) is 0 Å². The van der Waals surface area contributed by atoms with Crippen LogP contribution in [0.4, 0.5) is 0 Å². The number of carbonyl (C=O) groups is 1. The molecular weight excluding hydrogens is 278 g/mol. The van der Waals surface area contributed by atoms with Crippen LogP contribution < -0.4 is 4.74 Å². The Morgan fingerprint density at radius 3 is 2.95 bits per heavy atom. The quantitative estimate of drug-likeness (QED) is 0.927. The van der Waals surface area contributed by atoms with Crippen LogP contribution in [0.15, 0.2) is 18.2 Å². The number of hydrogen-bond acceptors (Lipinski definition) is 3. The van der Waals surface area contributed by atoms with Crippen LogP contribution in [0.5, 0.6) is 5.75 Å². The number of aliphatic hydroxyl groups excluding tert-OH is 1. The lowest BCUT2D eigenvalue weighted by molar-refractivity contribution is -0.132. The lowest BCUT2D eigenvalue weighted by Crippen LogP contribution is -2.34. The Labute approximate surface area is 124 Å². The zero-order chi connectivity index (χ0) is 14.7. The lowest BCUT2D eigenvalue weighted by Gasteiger charge is -2.18. The first-order chi connectivity index (χ1) is 9.47. The third kappa shape index (κ3) is 3.64. The SMILES string of the molecule is Cc1cc(Cl)ccc1OCC(=O)N1CCC(C(C)O)C1. The average Bonchev–Trinajstić information content (AvgIpc) is 2.87. The summed E-state index contributed by atoms with van der Waals surface area (Å²) >= 11 is 5.87. The van der Waals surface area contributed by atoms with Gasteiger partial charge in [-0.05, 0) is 44.0 Å². The highest BCUT2D eigenvalue weighted by molar-refractivity contribution is 6.30. The Hall–Kier alpha value is -1.26. The van der Waals surface area contributed by atoms with Gasteiger partial charge in [0.2, 0.25) is 0 Å². The molecule has 1 amide bonds. The number of amides is 1. The van der Waals surface area contributed by atoms with Gasteiger partial charge < -0.3 is 14.7 Å². The molecule has 2 rings (SSSR count). The summed E-state index contributed by atoms with van der Waals surface area (Å²) in [5, 5.41) is 10.2. The van der Waals surface area contributed by atoms with Gasteiger partial charge in [0.15, 0.2) is 6.61 Å². The number of ether oxygens (including phenoxy) is 1. The van der Waals surface area contributed by atoms with E-state index in [1.807, 2.05) is 6.92 Å². The zero-order valence-electron chi connectivity index (χ0n) is 11.8. The maximum absolute atomic E-state index is 12.1. The van der Waals surface area contributed by atoms with Gasteiger partial charge in [0, 0.05) is 24.0 Å². The minimum absolute atomic E-state index is 0.0228. The van der Waals surface area contributed by atoms with Crippen molar-refractivity contribution in [2.75, 3.05) is 19.7 Å². The maximum atomic E-state index is 12.1. The number of carbonyl (C=O) groups excluding carboxylic acids is 1. The zero-order valence-corrected chi connectivity index (χ0v) is 12.6. The molecule has 1 N–H and O–H groups in total. The van der Waals surface area contributed by atoms with Gasteiger partial charge in [-0.3, -0.25) is 4.79 Å². The molecule has 20 heavy (non-hydrogen) atoms. The fourth-order valence-electron chi connectivity index (χ4n) is 2.41. The monoisotopic (exact) mass is 297 g/mol. The molecule has 110 valence electrons. The molecule has 0 aromatic heterocycles. The summed E-state index contributed by atoms with van der Waals surface area (Å²) in [7, 11) is 0. The second-order valence-electron chi connectivity index (χ2n) is 5.33. The molecule has 0 bridgehead atoms. The second-order valence-corrected chi connectivity index (χ2v) is 5.76. The highest BCUT2D eigenvalue weighted by atomic mass is 35.5. The average molecular weight is 298 g/mol. The summed E-state index contributed by atoms with van der Waals surface area (Å²) in [6.07, 6.45) is 0.482. The van der Waals surface area contributed by atoms with Gasteiger partial charge >= 0.3 is 0 Å². The standard InChI is InChI=1S/C15H20ClNO3/c1-10-7-13(16)3-4-14(10)20-9-15(19)17-6-5-12(8-17)11(2)18/h3-4,7,11-12,18H,5-6,8-9H2,1-2H3. The van der Waals surface area contributed by atoms with E-state index in [2.05, 4.69) is 0 Å². The van der Waals surface area contributed by atoms with E-state index in [-0.39, 0.29) is 24.5 Å². The first kappa shape index (κ1) is 15.1. The molecule has 0 spiro atoms. The molecule has 1 saturated heterocycles. The van der Waals surface area contributed by atoms with E-state index in [0.717, 1.165) is 12.0 Å². The van der Waals surface area contributed by atoms with Gasteiger partial charge in [-0.1, -0.05) is 11.6 Å². The van der Waals surface area contributed by atoms with E-state index >= 15 is 0 Å². The highest BCUT2D eigenvalue weighted by Crippen LogP contribution is 2.23. The molecule has 4 nitrogen and oxygen atoms in total. The number of halogens is 1. The van der Waals surface area contributed by atoms with Gasteiger partial charge in [-0.2, -0.15) is 0 Å². The first-order valence-electron chi connectivity index (χ1n) is 6.82. The molecule has 1 aromatic rings. The molecule has 1 aliphatic rings. The van der Waals surface area contributed by atoms with E-state index in [4.69, 9.17) is 16.3 Å². The van der Waals surface area contributed by atoms with E-state index < -0.39 is 0 Å². The molecule has 0 radical (unpaired) electrons. The fraction of sp³-hybridized carbons (Fsp3) is 0.533. The number of likely N-dealkylation sites (tertiary alicyclic amines) is 1. The van der Waals surface area contributed by atoms with Crippen molar-refractivity contribution in [3.63, 3.8) is 0 Å². The van der Waals surface area contributed by atoms with Gasteiger partial charge in [0.05, 0.1) is 6.10 Å². The van der Waals surface area contributed by atoms with E-state index in [1.165, 1.54) is 0 Å². The summed E-state index contributed by atoms with van der Waals surface area (Å²) < 4.78 is 5.55. The van der Waals surface area contributed by atoms with Crippen molar-refractivity contribution in [3.05, 3.63) is 28.8 Å². The normalized spacial score (nSPS) is 20.0. The van der Waals surface area contributed by atoms with Crippen LogP contribution in [-0.4, -0.2) is 41.7 Å². The molecule has 5 heteroatoms. The van der Waals surface area contributed by atoms with E-state index in [9.17, 15) is 9.90 Å². The number of aryl methyl sites for hydroxylation is 1. The van der Waals surface area contributed by atoms with Gasteiger partial charge in [0.25, 0.3) is 5.91 Å². The maximum Gasteiger partial charge on any atom is 0.260 e. The van der Waals surface area contributed by atoms with E-state index in [1.54, 1.807) is 30.0 Å². The number of nitrogens with zero attached hydrogens (tertiary/aromatic N) is 1. The number of benzene rings is 1. The first-order valence-corrected chi connectivity index (χ1v) is 7.20. The fourth-order valence-corrected chi connectivity index (χ4v) is 2.64. The van der Waals surface area contributed by atoms with Crippen LogP contribution >= 0.6 is 11.6 Å². The Bertz CT molecular complexity index is 490. The molecule has 0 saturated carbocycles. The number of aliphatic hydroxyl groups is 1. The molecule has 2 atom stereocenters. The van der Waals surface area contributed by atoms with Crippen LogP contribution in [0, 0.1) is 12.8 Å². The molecule has 1 heterocycles. The third-order valence-corrected chi connectivity index (χ3v) is 3.98. The Balaban J connectivity index is 1.86. The predicted molar refractivity (Wildman–Crippen MR) is 78.1 cm³/mol. The van der Waals surface area contributed by atoms with Gasteiger partial charge in [-0.25, -0.2) is 0 Å². The minimum atomic E-state index is -0.368. The summed E-state index contributed by atoms with van der Waals surface area (Å²) in [4.78, 5) is 13.8. The Kier molecular flexibility index (Phi) is 4.89. The largest absolute Gasteiger partial charge is 0.483 e. The van der Waals surface area contributed by atoms with Crippen LogP contribution in [0.2, 0.25) is 5.02 Å². The van der Waals surface area contributed by atoms with Crippen molar-refractivity contribution in [2.24, 2.45) is 5.92 Å². The third-order valence-electron chi connectivity index (χ3n) is 3.75. The molecule has 2 unspecified atom stereocenters. The lowest BCUT2D eigenvalue weighted by atomic mass is 10.0. The van der Waals surface area contributed by atoms with Crippen LogP contribution in [-0.2, 0) is 4.79 Å². The summed E-state index contributed by atoms with van der Waals surface area (Å²) in [6, 6.07) is 5.32. The van der Waals surface area contributed by atoms with Crippen LogP contribution in [0.1, 0.15) is 18.9 Å². The van der Waals surface area contributed by atoms with Crippen molar-refractivity contribution >= 4 is 17.5 Å². The summed E-state index contributed by atoms with van der Waals surface area (Å²) in [6.45, 7) is 4.99. The van der Waals surface area contributed by atoms with Gasteiger partial charge in [-0.15, -0.1) is 0 Å². The number of rotatable bonds is 4. The van der Waals surface area contributed by atoms with Crippen LogP contribution in [0.25, 0.3) is 0 Å². The van der Waals surface area contributed by atoms with E-state index in [0.29, 0.717) is 23.9 Å². The second kappa shape index (κ2) is 6.46. The van der Waals surface area contributed by atoms with Crippen molar-refractivity contribution in [3.8, 4) is 5.75 Å².